The summed E-state index contributed by atoms with van der Waals surface area (Å²) in [6.45, 7) is 1.96. The zero-order valence-corrected chi connectivity index (χ0v) is 12.6. The van der Waals surface area contributed by atoms with Crippen LogP contribution in [0.4, 0.5) is 0 Å². The van der Waals surface area contributed by atoms with Crippen molar-refractivity contribution >= 4 is 28.7 Å². The SMILES string of the molecule is Cc1ccccc1-n1ncc2c(=O)[nH]c(SCC(N)=O)nc21. The number of carbonyl (C=O) groups excluding carboxylic acids is 1. The molecule has 22 heavy (non-hydrogen) atoms. The number of rotatable bonds is 4. The Kier molecular flexibility index (Phi) is 3.68. The molecule has 0 bridgehead atoms. The van der Waals surface area contributed by atoms with Crippen molar-refractivity contribution in [2.45, 2.75) is 12.1 Å². The number of primary amides is 1. The summed E-state index contributed by atoms with van der Waals surface area (Å²) < 4.78 is 1.62. The fourth-order valence-corrected chi connectivity index (χ4v) is 2.68. The van der Waals surface area contributed by atoms with Crippen molar-refractivity contribution in [1.82, 2.24) is 19.7 Å². The normalized spacial score (nSPS) is 11.0. The van der Waals surface area contributed by atoms with Crippen molar-refractivity contribution in [3.8, 4) is 5.69 Å². The van der Waals surface area contributed by atoms with E-state index in [0.29, 0.717) is 16.2 Å². The Morgan fingerprint density at radius 2 is 2.18 bits per heavy atom. The summed E-state index contributed by atoms with van der Waals surface area (Å²) in [4.78, 5) is 30.0. The van der Waals surface area contributed by atoms with Crippen LogP contribution in [0.5, 0.6) is 0 Å². The van der Waals surface area contributed by atoms with E-state index in [1.54, 1.807) is 4.68 Å². The minimum Gasteiger partial charge on any atom is -0.369 e. The van der Waals surface area contributed by atoms with E-state index >= 15 is 0 Å². The van der Waals surface area contributed by atoms with Gasteiger partial charge in [-0.1, -0.05) is 30.0 Å². The largest absolute Gasteiger partial charge is 0.369 e. The van der Waals surface area contributed by atoms with Gasteiger partial charge >= 0.3 is 0 Å². The van der Waals surface area contributed by atoms with Gasteiger partial charge in [0.1, 0.15) is 5.39 Å². The number of H-pyrrole nitrogens is 1. The molecule has 8 heteroatoms. The van der Waals surface area contributed by atoms with Crippen molar-refractivity contribution in [3.05, 3.63) is 46.4 Å². The summed E-state index contributed by atoms with van der Waals surface area (Å²) in [7, 11) is 0. The first kappa shape index (κ1) is 14.3. The molecule has 0 atom stereocenters. The van der Waals surface area contributed by atoms with E-state index < -0.39 is 5.91 Å². The summed E-state index contributed by atoms with van der Waals surface area (Å²) >= 11 is 1.09. The number of hydrogen-bond acceptors (Lipinski definition) is 5. The first-order valence-electron chi connectivity index (χ1n) is 6.51. The molecule has 3 rings (SSSR count). The highest BCUT2D eigenvalue weighted by Crippen LogP contribution is 2.19. The number of aromatic amines is 1. The molecule has 0 aliphatic carbocycles. The van der Waals surface area contributed by atoms with Crippen molar-refractivity contribution in [2.24, 2.45) is 5.73 Å². The van der Waals surface area contributed by atoms with Gasteiger partial charge in [-0.05, 0) is 18.6 Å². The lowest BCUT2D eigenvalue weighted by Crippen LogP contribution is -2.15. The van der Waals surface area contributed by atoms with Gasteiger partial charge < -0.3 is 10.7 Å². The number of carbonyl (C=O) groups is 1. The summed E-state index contributed by atoms with van der Waals surface area (Å²) in [5, 5.41) is 4.99. The second-order valence-corrected chi connectivity index (χ2v) is 5.67. The quantitative estimate of drug-likeness (QED) is 0.551. The summed E-state index contributed by atoms with van der Waals surface area (Å²) in [5.41, 5.74) is 7.13. The maximum Gasteiger partial charge on any atom is 0.262 e. The Bertz CT molecular complexity index is 915. The van der Waals surface area contributed by atoms with Crippen molar-refractivity contribution in [2.75, 3.05) is 5.75 Å². The van der Waals surface area contributed by atoms with Gasteiger partial charge in [-0.25, -0.2) is 9.67 Å². The van der Waals surface area contributed by atoms with Crippen LogP contribution in [-0.4, -0.2) is 31.4 Å². The lowest BCUT2D eigenvalue weighted by Gasteiger charge is -2.06. The summed E-state index contributed by atoms with van der Waals surface area (Å²) in [6, 6.07) is 7.68. The number of nitrogens with two attached hydrogens (primary N) is 1. The van der Waals surface area contributed by atoms with Crippen LogP contribution in [-0.2, 0) is 4.79 Å². The van der Waals surface area contributed by atoms with Crippen LogP contribution in [0.1, 0.15) is 5.56 Å². The first-order chi connectivity index (χ1) is 10.6. The lowest BCUT2D eigenvalue weighted by molar-refractivity contribution is -0.115. The number of nitrogens with zero attached hydrogens (tertiary/aromatic N) is 3. The molecule has 3 aromatic rings. The Hall–Kier alpha value is -2.61. The third kappa shape index (κ3) is 2.60. The molecule has 0 unspecified atom stereocenters. The predicted octanol–water partition coefficient (Wildman–Crippen LogP) is 0.995. The molecule has 112 valence electrons. The average Bonchev–Trinajstić information content (AvgIpc) is 2.90. The Morgan fingerprint density at radius 1 is 1.41 bits per heavy atom. The molecule has 2 aromatic heterocycles. The highest BCUT2D eigenvalue weighted by molar-refractivity contribution is 7.99. The zero-order valence-electron chi connectivity index (χ0n) is 11.7. The van der Waals surface area contributed by atoms with Gasteiger partial charge in [0, 0.05) is 0 Å². The fraction of sp³-hybridized carbons (Fsp3) is 0.143. The number of fused-ring (bicyclic) bond motifs is 1. The van der Waals surface area contributed by atoms with Crippen LogP contribution in [0.15, 0.2) is 40.4 Å². The van der Waals surface area contributed by atoms with E-state index in [0.717, 1.165) is 23.0 Å². The average molecular weight is 315 g/mol. The number of aromatic nitrogens is 4. The topological polar surface area (TPSA) is 107 Å². The number of benzene rings is 1. The van der Waals surface area contributed by atoms with Crippen LogP contribution in [0.2, 0.25) is 0 Å². The Morgan fingerprint density at radius 3 is 2.91 bits per heavy atom. The molecule has 0 radical (unpaired) electrons. The first-order valence-corrected chi connectivity index (χ1v) is 7.50. The van der Waals surface area contributed by atoms with E-state index in [1.165, 1.54) is 6.20 Å². The Balaban J connectivity index is 2.15. The molecule has 0 saturated heterocycles. The molecule has 1 aromatic carbocycles. The maximum absolute atomic E-state index is 12.1. The van der Waals surface area contributed by atoms with Crippen molar-refractivity contribution in [1.29, 1.82) is 0 Å². The van der Waals surface area contributed by atoms with Crippen LogP contribution in [0, 0.1) is 6.92 Å². The molecule has 0 aliphatic heterocycles. The second kappa shape index (κ2) is 5.64. The highest BCUT2D eigenvalue weighted by atomic mass is 32.2. The number of hydrogen-bond donors (Lipinski definition) is 2. The molecular weight excluding hydrogens is 302 g/mol. The summed E-state index contributed by atoms with van der Waals surface area (Å²) in [6.07, 6.45) is 1.48. The molecular formula is C14H13N5O2S. The van der Waals surface area contributed by atoms with Gasteiger partial charge in [-0.3, -0.25) is 9.59 Å². The summed E-state index contributed by atoms with van der Waals surface area (Å²) in [5.74, 6) is -0.424. The van der Waals surface area contributed by atoms with Crippen LogP contribution in [0.25, 0.3) is 16.7 Å². The smallest absolute Gasteiger partial charge is 0.262 e. The molecule has 0 aliphatic rings. The van der Waals surface area contributed by atoms with E-state index in [1.807, 2.05) is 31.2 Å². The number of nitrogens with one attached hydrogen (secondary N) is 1. The maximum atomic E-state index is 12.1. The van der Waals surface area contributed by atoms with Crippen molar-refractivity contribution in [3.63, 3.8) is 0 Å². The number of aryl methyl sites for hydroxylation is 1. The minimum absolute atomic E-state index is 0.0486. The van der Waals surface area contributed by atoms with Gasteiger partial charge in [0.25, 0.3) is 5.56 Å². The predicted molar refractivity (Wildman–Crippen MR) is 84.1 cm³/mol. The number of amides is 1. The molecule has 1 amide bonds. The van der Waals surface area contributed by atoms with E-state index in [9.17, 15) is 9.59 Å². The van der Waals surface area contributed by atoms with Crippen LogP contribution >= 0.6 is 11.8 Å². The highest BCUT2D eigenvalue weighted by Gasteiger charge is 2.13. The molecule has 2 heterocycles. The molecule has 7 nitrogen and oxygen atoms in total. The Labute approximate surface area is 129 Å². The van der Waals surface area contributed by atoms with Gasteiger partial charge in [0.2, 0.25) is 5.91 Å². The molecule has 0 spiro atoms. The zero-order chi connectivity index (χ0) is 15.7. The fourth-order valence-electron chi connectivity index (χ4n) is 2.08. The minimum atomic E-state index is -0.472. The molecule has 0 fully saturated rings. The van der Waals surface area contributed by atoms with Crippen LogP contribution in [0.3, 0.4) is 0 Å². The lowest BCUT2D eigenvalue weighted by atomic mass is 10.2. The third-order valence-corrected chi connectivity index (χ3v) is 4.01. The molecule has 3 N–H and O–H groups in total. The van der Waals surface area contributed by atoms with Crippen molar-refractivity contribution < 1.29 is 4.79 Å². The van der Waals surface area contributed by atoms with Gasteiger partial charge in [0.05, 0.1) is 17.6 Å². The van der Waals surface area contributed by atoms with Gasteiger partial charge in [-0.2, -0.15) is 5.10 Å². The standard InChI is InChI=1S/C14H13N5O2S/c1-8-4-2-3-5-10(8)19-12-9(6-16-19)13(21)18-14(17-12)22-7-11(15)20/h2-6H,7H2,1H3,(H2,15,20)(H,17,18,21). The third-order valence-electron chi connectivity index (χ3n) is 3.11. The molecule has 0 saturated carbocycles. The second-order valence-electron chi connectivity index (χ2n) is 4.71. The van der Waals surface area contributed by atoms with Gasteiger partial charge in [-0.15, -0.1) is 0 Å². The number of para-hydroxylation sites is 1. The van der Waals surface area contributed by atoms with Crippen LogP contribution < -0.4 is 11.3 Å². The monoisotopic (exact) mass is 315 g/mol. The van der Waals surface area contributed by atoms with Gasteiger partial charge in [0.15, 0.2) is 10.8 Å². The van der Waals surface area contributed by atoms with E-state index in [-0.39, 0.29) is 11.3 Å². The van der Waals surface area contributed by atoms with E-state index in [4.69, 9.17) is 5.73 Å². The number of thioether (sulfide) groups is 1. The van der Waals surface area contributed by atoms with E-state index in [2.05, 4.69) is 15.1 Å².